The Bertz CT molecular complexity index is 359. The van der Waals surface area contributed by atoms with E-state index in [-0.39, 0.29) is 11.9 Å². The lowest BCUT2D eigenvalue weighted by atomic mass is 10.0. The summed E-state index contributed by atoms with van der Waals surface area (Å²) in [6.45, 7) is 5.84. The maximum atomic E-state index is 11.6. The van der Waals surface area contributed by atoms with E-state index in [0.717, 1.165) is 12.0 Å². The van der Waals surface area contributed by atoms with Crippen molar-refractivity contribution < 1.29 is 9.53 Å². The van der Waals surface area contributed by atoms with Gasteiger partial charge < -0.3 is 10.1 Å². The highest BCUT2D eigenvalue weighted by molar-refractivity contribution is 5.80. The molecule has 2 unspecified atom stereocenters. The number of rotatable bonds is 5. The van der Waals surface area contributed by atoms with Gasteiger partial charge in [0, 0.05) is 7.11 Å². The number of methoxy groups -OCH3 is 1. The molecule has 3 heteroatoms. The largest absolute Gasteiger partial charge is 0.372 e. The van der Waals surface area contributed by atoms with E-state index in [1.54, 1.807) is 6.92 Å². The first kappa shape index (κ1) is 13.7. The van der Waals surface area contributed by atoms with Crippen LogP contribution in [0.25, 0.3) is 0 Å². The molecule has 0 heterocycles. The number of aryl methyl sites for hydroxylation is 1. The van der Waals surface area contributed by atoms with Crippen LogP contribution in [-0.2, 0) is 16.0 Å². The fourth-order valence-electron chi connectivity index (χ4n) is 1.56. The molecule has 0 radical (unpaired) electrons. The van der Waals surface area contributed by atoms with Gasteiger partial charge in [-0.25, -0.2) is 0 Å². The molecule has 1 aromatic carbocycles. The molecule has 0 bridgehead atoms. The molecule has 1 amide bonds. The average Bonchev–Trinajstić information content (AvgIpc) is 2.37. The molecule has 3 nitrogen and oxygen atoms in total. The van der Waals surface area contributed by atoms with Crippen molar-refractivity contribution in [2.75, 3.05) is 7.11 Å². The molecule has 0 spiro atoms. The van der Waals surface area contributed by atoms with Crippen molar-refractivity contribution in [2.24, 2.45) is 0 Å². The predicted octanol–water partition coefficient (Wildman–Crippen LogP) is 2.46. The minimum absolute atomic E-state index is 0.00556. The van der Waals surface area contributed by atoms with Crippen molar-refractivity contribution in [1.29, 1.82) is 0 Å². The minimum atomic E-state index is -0.410. The number of carbonyl (C=O) groups excluding carboxylic acids is 1. The van der Waals surface area contributed by atoms with Gasteiger partial charge in [-0.1, -0.05) is 31.2 Å². The second-order valence-electron chi connectivity index (χ2n) is 4.20. The monoisotopic (exact) mass is 235 g/mol. The molecule has 1 N–H and O–H groups in total. The van der Waals surface area contributed by atoms with Crippen molar-refractivity contribution in [3.8, 4) is 0 Å². The van der Waals surface area contributed by atoms with Gasteiger partial charge in [0.2, 0.25) is 5.91 Å². The van der Waals surface area contributed by atoms with E-state index in [0.29, 0.717) is 0 Å². The Morgan fingerprint density at radius 1 is 1.29 bits per heavy atom. The highest BCUT2D eigenvalue weighted by atomic mass is 16.5. The van der Waals surface area contributed by atoms with E-state index in [1.807, 2.05) is 6.92 Å². The second kappa shape index (κ2) is 6.40. The summed E-state index contributed by atoms with van der Waals surface area (Å²) in [6.07, 6.45) is 0.620. The summed E-state index contributed by atoms with van der Waals surface area (Å²) in [7, 11) is 1.53. The molecule has 2 atom stereocenters. The molecule has 1 aromatic rings. The van der Waals surface area contributed by atoms with Gasteiger partial charge in [-0.05, 0) is 31.4 Å². The van der Waals surface area contributed by atoms with Gasteiger partial charge in [0.1, 0.15) is 6.10 Å². The maximum Gasteiger partial charge on any atom is 0.249 e. The molecular formula is C14H21NO2. The van der Waals surface area contributed by atoms with Gasteiger partial charge in [-0.3, -0.25) is 4.79 Å². The van der Waals surface area contributed by atoms with Crippen LogP contribution in [0.15, 0.2) is 24.3 Å². The molecule has 0 saturated carbocycles. The number of benzene rings is 1. The van der Waals surface area contributed by atoms with Crippen LogP contribution in [0, 0.1) is 0 Å². The number of hydrogen-bond donors (Lipinski definition) is 1. The standard InChI is InChI=1S/C14H21NO2/c1-5-12-6-8-13(9-7-12)10(2)15-14(16)11(3)17-4/h6-11H,5H2,1-4H3,(H,15,16). The molecule has 0 saturated heterocycles. The normalized spacial score (nSPS) is 14.1. The number of carbonyl (C=O) groups is 1. The van der Waals surface area contributed by atoms with Gasteiger partial charge in [-0.15, -0.1) is 0 Å². The summed E-state index contributed by atoms with van der Waals surface area (Å²) in [5.74, 6) is -0.0837. The third-order valence-corrected chi connectivity index (χ3v) is 2.97. The number of nitrogens with one attached hydrogen (secondary N) is 1. The van der Waals surface area contributed by atoms with E-state index in [9.17, 15) is 4.79 Å². The smallest absolute Gasteiger partial charge is 0.249 e. The fourth-order valence-corrected chi connectivity index (χ4v) is 1.56. The van der Waals surface area contributed by atoms with Crippen LogP contribution >= 0.6 is 0 Å². The molecule has 1 rings (SSSR count). The molecule has 17 heavy (non-hydrogen) atoms. The lowest BCUT2D eigenvalue weighted by molar-refractivity contribution is -0.130. The average molecular weight is 235 g/mol. The van der Waals surface area contributed by atoms with Crippen LogP contribution in [0.2, 0.25) is 0 Å². The summed E-state index contributed by atoms with van der Waals surface area (Å²) < 4.78 is 4.97. The molecule has 0 aromatic heterocycles. The van der Waals surface area contributed by atoms with Crippen molar-refractivity contribution in [2.45, 2.75) is 39.3 Å². The first-order valence-corrected chi connectivity index (χ1v) is 6.00. The second-order valence-corrected chi connectivity index (χ2v) is 4.20. The molecule has 0 aliphatic carbocycles. The van der Waals surface area contributed by atoms with Gasteiger partial charge in [-0.2, -0.15) is 0 Å². The van der Waals surface area contributed by atoms with Crippen LogP contribution in [0.4, 0.5) is 0 Å². The third kappa shape index (κ3) is 3.86. The zero-order valence-electron chi connectivity index (χ0n) is 11.0. The first-order valence-electron chi connectivity index (χ1n) is 6.00. The Hall–Kier alpha value is -1.35. The topological polar surface area (TPSA) is 38.3 Å². The molecule has 94 valence electrons. The Balaban J connectivity index is 2.63. The zero-order chi connectivity index (χ0) is 12.8. The van der Waals surface area contributed by atoms with E-state index in [2.05, 4.69) is 36.5 Å². The highest BCUT2D eigenvalue weighted by Gasteiger charge is 2.14. The summed E-state index contributed by atoms with van der Waals surface area (Å²) >= 11 is 0. The molecular weight excluding hydrogens is 214 g/mol. The predicted molar refractivity (Wildman–Crippen MR) is 68.8 cm³/mol. The van der Waals surface area contributed by atoms with Crippen molar-refractivity contribution in [1.82, 2.24) is 5.32 Å². The van der Waals surface area contributed by atoms with Gasteiger partial charge in [0.15, 0.2) is 0 Å². The SMILES string of the molecule is CCc1ccc(C(C)NC(=O)C(C)OC)cc1. The van der Waals surface area contributed by atoms with Gasteiger partial charge >= 0.3 is 0 Å². The maximum absolute atomic E-state index is 11.6. The van der Waals surface area contributed by atoms with Crippen LogP contribution < -0.4 is 5.32 Å². The summed E-state index contributed by atoms with van der Waals surface area (Å²) in [6, 6.07) is 8.31. The van der Waals surface area contributed by atoms with Crippen LogP contribution in [-0.4, -0.2) is 19.1 Å². The Morgan fingerprint density at radius 3 is 2.35 bits per heavy atom. The summed E-state index contributed by atoms with van der Waals surface area (Å²) in [5, 5.41) is 2.92. The van der Waals surface area contributed by atoms with Gasteiger partial charge in [0.25, 0.3) is 0 Å². The van der Waals surface area contributed by atoms with Crippen LogP contribution in [0.3, 0.4) is 0 Å². The van der Waals surface area contributed by atoms with Crippen LogP contribution in [0.1, 0.15) is 37.9 Å². The number of amides is 1. The Labute approximate surface area is 103 Å². The lowest BCUT2D eigenvalue weighted by Crippen LogP contribution is -2.35. The van der Waals surface area contributed by atoms with E-state index < -0.39 is 6.10 Å². The lowest BCUT2D eigenvalue weighted by Gasteiger charge is -2.17. The van der Waals surface area contributed by atoms with E-state index in [4.69, 9.17) is 4.74 Å². The highest BCUT2D eigenvalue weighted by Crippen LogP contribution is 2.14. The Kier molecular flexibility index (Phi) is 5.16. The summed E-state index contributed by atoms with van der Waals surface area (Å²) in [4.78, 5) is 11.6. The number of ether oxygens (including phenoxy) is 1. The van der Waals surface area contributed by atoms with Crippen molar-refractivity contribution in [3.05, 3.63) is 35.4 Å². The van der Waals surface area contributed by atoms with Crippen molar-refractivity contribution >= 4 is 5.91 Å². The van der Waals surface area contributed by atoms with Crippen LogP contribution in [0.5, 0.6) is 0 Å². The Morgan fingerprint density at radius 2 is 1.88 bits per heavy atom. The van der Waals surface area contributed by atoms with Gasteiger partial charge in [0.05, 0.1) is 6.04 Å². The van der Waals surface area contributed by atoms with E-state index in [1.165, 1.54) is 12.7 Å². The summed E-state index contributed by atoms with van der Waals surface area (Å²) in [5.41, 5.74) is 2.41. The fraction of sp³-hybridized carbons (Fsp3) is 0.500. The van der Waals surface area contributed by atoms with E-state index >= 15 is 0 Å². The third-order valence-electron chi connectivity index (χ3n) is 2.97. The quantitative estimate of drug-likeness (QED) is 0.851. The first-order chi connectivity index (χ1) is 8.08. The minimum Gasteiger partial charge on any atom is -0.372 e. The van der Waals surface area contributed by atoms with Crippen molar-refractivity contribution in [3.63, 3.8) is 0 Å². The zero-order valence-corrected chi connectivity index (χ0v) is 11.0. The molecule has 0 fully saturated rings. The molecule has 0 aliphatic heterocycles. The molecule has 0 aliphatic rings. The number of hydrogen-bond acceptors (Lipinski definition) is 2.